The number of nitrogens with two attached hydrogens (primary N) is 1. The molecule has 2 saturated heterocycles. The molecule has 1 amide bonds. The molecular formula is C30H38Cl3N3O2. The van der Waals surface area contributed by atoms with Crippen molar-refractivity contribution in [3.8, 4) is 0 Å². The molecule has 1 aromatic heterocycles. The fourth-order valence-corrected chi connectivity index (χ4v) is 8.15. The number of likely N-dealkylation sites (tertiary alicyclic amines) is 1. The van der Waals surface area contributed by atoms with Crippen molar-refractivity contribution in [2.75, 3.05) is 19.6 Å². The lowest BCUT2D eigenvalue weighted by molar-refractivity contribution is -0.640. The van der Waals surface area contributed by atoms with Crippen LogP contribution in [0.25, 0.3) is 0 Å². The topological polar surface area (TPSA) is 68.1 Å². The van der Waals surface area contributed by atoms with Crippen molar-refractivity contribution in [3.63, 3.8) is 0 Å². The van der Waals surface area contributed by atoms with E-state index >= 15 is 0 Å². The fourth-order valence-electron chi connectivity index (χ4n) is 7.97. The maximum Gasteiger partial charge on any atom is 0.273 e. The summed E-state index contributed by atoms with van der Waals surface area (Å²) < 4.78 is 0. The maximum absolute atomic E-state index is 14.5. The first-order valence-electron chi connectivity index (χ1n) is 13.9. The minimum Gasteiger partial charge on any atom is -1.00 e. The van der Waals surface area contributed by atoms with Gasteiger partial charge in [-0.1, -0.05) is 30.3 Å². The molecule has 2 aliphatic heterocycles. The highest BCUT2D eigenvalue weighted by atomic mass is 35.5. The molecule has 38 heavy (non-hydrogen) atoms. The minimum atomic E-state index is -0.116. The van der Waals surface area contributed by atoms with Crippen LogP contribution in [0.3, 0.4) is 0 Å². The van der Waals surface area contributed by atoms with Crippen molar-refractivity contribution >= 4 is 23.3 Å². The zero-order chi connectivity index (χ0) is 24.7. The van der Waals surface area contributed by atoms with E-state index in [0.29, 0.717) is 41.5 Å². The molecule has 3 fully saturated rings. The molecule has 0 bridgehead atoms. The number of fused-ring (bicyclic) bond motifs is 2. The molecule has 2 aliphatic carbocycles. The van der Waals surface area contributed by atoms with E-state index in [1.165, 1.54) is 16.8 Å². The van der Waals surface area contributed by atoms with Gasteiger partial charge in [0.25, 0.3) is 5.15 Å². The second-order valence-electron chi connectivity index (χ2n) is 11.6. The quantitative estimate of drug-likeness (QED) is 0.408. The zero-order valence-corrected chi connectivity index (χ0v) is 24.1. The molecule has 1 spiro atoms. The van der Waals surface area contributed by atoms with E-state index in [-0.39, 0.29) is 42.2 Å². The lowest BCUT2D eigenvalue weighted by Crippen LogP contribution is -3.00. The highest BCUT2D eigenvalue weighted by molar-refractivity contribution is 6.28. The molecular weight excluding hydrogens is 541 g/mol. The van der Waals surface area contributed by atoms with Crippen LogP contribution < -0.4 is 35.1 Å². The van der Waals surface area contributed by atoms with Crippen LogP contribution in [0.2, 0.25) is 5.15 Å². The van der Waals surface area contributed by atoms with Crippen LogP contribution in [-0.4, -0.2) is 42.3 Å². The number of aromatic nitrogens is 1. The number of amides is 1. The Morgan fingerprint density at radius 2 is 1.79 bits per heavy atom. The average molecular weight is 579 g/mol. The number of hydrogen-bond donors (Lipinski definition) is 1. The van der Waals surface area contributed by atoms with Crippen LogP contribution in [0.4, 0.5) is 0 Å². The molecule has 4 aliphatic rings. The van der Waals surface area contributed by atoms with Crippen LogP contribution in [0.5, 0.6) is 0 Å². The van der Waals surface area contributed by atoms with Gasteiger partial charge in [0.15, 0.2) is 5.69 Å². The zero-order valence-electron chi connectivity index (χ0n) is 21.8. The number of quaternary nitrogens is 1. The summed E-state index contributed by atoms with van der Waals surface area (Å²) >= 11 is 6.31. The normalized spacial score (nSPS) is 29.3. The van der Waals surface area contributed by atoms with Gasteiger partial charge in [0.2, 0.25) is 5.91 Å². The Balaban J connectivity index is 0.00000168. The SMILES string of the molecule is O=C1CCC(C2CC(c3ccccc3)CCN2C(=O)C2C[NH2+]C[C@]23CCCc2[nH+]c(Cl)ccc23)CC1.[Cl-].[Cl-]. The van der Waals surface area contributed by atoms with Gasteiger partial charge >= 0.3 is 0 Å². The van der Waals surface area contributed by atoms with Crippen molar-refractivity contribution in [2.45, 2.75) is 75.2 Å². The summed E-state index contributed by atoms with van der Waals surface area (Å²) in [6, 6.07) is 15.2. The van der Waals surface area contributed by atoms with Crippen LogP contribution in [0.1, 0.15) is 74.1 Å². The maximum atomic E-state index is 14.5. The molecule has 3 N–H and O–H groups in total. The summed E-state index contributed by atoms with van der Waals surface area (Å²) in [5.41, 5.74) is 3.80. The number of rotatable bonds is 3. The van der Waals surface area contributed by atoms with E-state index in [9.17, 15) is 9.59 Å². The van der Waals surface area contributed by atoms with Crippen molar-refractivity contribution < 1.29 is 44.7 Å². The molecule has 8 heteroatoms. The first-order valence-corrected chi connectivity index (χ1v) is 14.3. The molecule has 3 unspecified atom stereocenters. The molecule has 1 saturated carbocycles. The molecule has 4 atom stereocenters. The lowest BCUT2D eigenvalue weighted by atomic mass is 9.64. The predicted molar refractivity (Wildman–Crippen MR) is 139 cm³/mol. The van der Waals surface area contributed by atoms with Gasteiger partial charge in [-0.05, 0) is 73.6 Å². The molecule has 6 rings (SSSR count). The lowest BCUT2D eigenvalue weighted by Gasteiger charge is -2.47. The number of nitrogens with one attached hydrogen (secondary N) is 1. The smallest absolute Gasteiger partial charge is 0.273 e. The van der Waals surface area contributed by atoms with Gasteiger partial charge in [0, 0.05) is 43.5 Å². The Hall–Kier alpha value is -1.66. The number of carbonyl (C=O) groups excluding carboxylic acids is 2. The summed E-state index contributed by atoms with van der Waals surface area (Å²) in [4.78, 5) is 32.2. The van der Waals surface area contributed by atoms with Crippen LogP contribution in [0.15, 0.2) is 42.5 Å². The monoisotopic (exact) mass is 577 g/mol. The number of aromatic amines is 1. The Labute approximate surface area is 243 Å². The number of aryl methyl sites for hydroxylation is 1. The van der Waals surface area contributed by atoms with E-state index < -0.39 is 0 Å². The number of carbonyl (C=O) groups is 2. The number of benzene rings is 1. The van der Waals surface area contributed by atoms with E-state index in [4.69, 9.17) is 11.6 Å². The van der Waals surface area contributed by atoms with E-state index in [2.05, 4.69) is 51.6 Å². The number of pyridine rings is 1. The average Bonchev–Trinajstić information content (AvgIpc) is 3.32. The van der Waals surface area contributed by atoms with Crippen LogP contribution in [0, 0.1) is 11.8 Å². The highest BCUT2D eigenvalue weighted by Crippen LogP contribution is 2.45. The van der Waals surface area contributed by atoms with Gasteiger partial charge in [0.05, 0.1) is 18.5 Å². The van der Waals surface area contributed by atoms with E-state index in [1.807, 2.05) is 6.07 Å². The summed E-state index contributed by atoms with van der Waals surface area (Å²) in [5, 5.41) is 3.03. The number of piperidine rings is 1. The fraction of sp³-hybridized carbons (Fsp3) is 0.567. The molecule has 1 aromatic carbocycles. The molecule has 0 radical (unpaired) electrons. The van der Waals surface area contributed by atoms with Crippen LogP contribution >= 0.6 is 11.6 Å². The summed E-state index contributed by atoms with van der Waals surface area (Å²) in [6.07, 6.45) is 8.37. The number of Topliss-reactive ketones (excluding diaryl/α,β-unsaturated/α-hetero) is 1. The molecule has 3 heterocycles. The number of hydrogen-bond acceptors (Lipinski definition) is 2. The predicted octanol–water partition coefficient (Wildman–Crippen LogP) is -2.54. The Bertz CT molecular complexity index is 1140. The number of nitrogens with zero attached hydrogens (tertiary/aromatic N) is 1. The minimum absolute atomic E-state index is 0. The van der Waals surface area contributed by atoms with Gasteiger partial charge < -0.3 is 35.0 Å². The first-order chi connectivity index (χ1) is 17.5. The van der Waals surface area contributed by atoms with Gasteiger partial charge in [-0.3, -0.25) is 9.59 Å². The third-order valence-corrected chi connectivity index (χ3v) is 10.0. The summed E-state index contributed by atoms with van der Waals surface area (Å²) in [5.74, 6) is 1.63. The first kappa shape index (κ1) is 29.3. The Morgan fingerprint density at radius 1 is 1.03 bits per heavy atom. The largest absolute Gasteiger partial charge is 1.00 e. The number of H-pyrrole nitrogens is 1. The standard InChI is InChI=1S/C30H36ClN3O2.2ClH/c31-28-13-12-24-26(33-28)7-4-15-30(24)19-32-18-25(30)29(36)34-16-14-22(20-5-2-1-3-6-20)17-27(34)21-8-10-23(35)11-9-21;;/h1-3,5-6,12-13,21-22,25,27,32H,4,7-11,14-19H2;2*1H/t22?,25?,27?,30-;;/m0../s1. The van der Waals surface area contributed by atoms with Gasteiger partial charge in [0.1, 0.15) is 11.7 Å². The van der Waals surface area contributed by atoms with Gasteiger partial charge in [-0.25, -0.2) is 0 Å². The third kappa shape index (κ3) is 5.37. The number of halogens is 3. The van der Waals surface area contributed by atoms with Crippen molar-refractivity contribution in [1.29, 1.82) is 0 Å². The van der Waals surface area contributed by atoms with Gasteiger partial charge in [-0.2, -0.15) is 4.98 Å². The van der Waals surface area contributed by atoms with Gasteiger partial charge in [-0.15, -0.1) is 0 Å². The van der Waals surface area contributed by atoms with Crippen LogP contribution in [-0.2, 0) is 21.4 Å². The Kier molecular flexibility index (Phi) is 9.45. The summed E-state index contributed by atoms with van der Waals surface area (Å²) in [6.45, 7) is 2.64. The van der Waals surface area contributed by atoms with E-state index in [0.717, 1.165) is 64.6 Å². The Morgan fingerprint density at radius 3 is 2.55 bits per heavy atom. The second kappa shape index (κ2) is 12.2. The third-order valence-electron chi connectivity index (χ3n) is 9.78. The second-order valence-corrected chi connectivity index (χ2v) is 12.0. The molecule has 206 valence electrons. The van der Waals surface area contributed by atoms with Crippen molar-refractivity contribution in [2.24, 2.45) is 11.8 Å². The van der Waals surface area contributed by atoms with Crippen molar-refractivity contribution in [1.82, 2.24) is 4.90 Å². The molecule has 5 nitrogen and oxygen atoms in total. The number of ketones is 1. The molecule has 2 aromatic rings. The van der Waals surface area contributed by atoms with E-state index in [1.54, 1.807) is 0 Å². The summed E-state index contributed by atoms with van der Waals surface area (Å²) in [7, 11) is 0. The van der Waals surface area contributed by atoms with Crippen molar-refractivity contribution in [3.05, 3.63) is 64.4 Å². The highest BCUT2D eigenvalue weighted by Gasteiger charge is 2.56.